The van der Waals surface area contributed by atoms with Gasteiger partial charge in [0, 0.05) is 44.6 Å². The molecule has 4 nitrogen and oxygen atoms in total. The summed E-state index contributed by atoms with van der Waals surface area (Å²) in [6.07, 6.45) is 0. The molecule has 0 fully saturated rings. The molecule has 0 atom stereocenters. The van der Waals surface area contributed by atoms with Gasteiger partial charge in [-0.25, -0.2) is 15.0 Å². The Labute approximate surface area is 288 Å². The number of nitrogens with zero attached hydrogens (tertiary/aromatic N) is 4. The third-order valence-corrected chi connectivity index (χ3v) is 9.96. The van der Waals surface area contributed by atoms with Crippen molar-refractivity contribution >= 4 is 17.1 Å². The highest BCUT2D eigenvalue weighted by molar-refractivity contribution is 5.78. The van der Waals surface area contributed by atoms with Gasteiger partial charge in [0.2, 0.25) is 0 Å². The van der Waals surface area contributed by atoms with Gasteiger partial charge in [-0.05, 0) is 64.7 Å². The molecule has 0 aliphatic heterocycles. The highest BCUT2D eigenvalue weighted by atomic mass is 15.1. The molecule has 0 amide bonds. The van der Waals surface area contributed by atoms with E-state index in [1.54, 1.807) is 0 Å². The average molecular weight is 635 g/mol. The van der Waals surface area contributed by atoms with Crippen molar-refractivity contribution in [1.29, 1.82) is 0 Å². The second-order valence-electron chi connectivity index (χ2n) is 13.8. The zero-order valence-electron chi connectivity index (χ0n) is 28.3. The fourth-order valence-electron chi connectivity index (χ4n) is 7.31. The van der Waals surface area contributed by atoms with Gasteiger partial charge < -0.3 is 4.90 Å². The molecule has 1 aliphatic carbocycles. The normalized spacial score (nSPS) is 14.0. The summed E-state index contributed by atoms with van der Waals surface area (Å²) < 4.78 is 0. The quantitative estimate of drug-likeness (QED) is 0.183. The minimum atomic E-state index is -0.253. The molecule has 4 heteroatoms. The van der Waals surface area contributed by atoms with Gasteiger partial charge in [-0.2, -0.15) is 0 Å². The summed E-state index contributed by atoms with van der Waals surface area (Å²) in [5.41, 5.74) is 11.1. The Hall–Kier alpha value is -5.87. The van der Waals surface area contributed by atoms with E-state index >= 15 is 0 Å². The van der Waals surface area contributed by atoms with Crippen LogP contribution in [0, 0.1) is 0 Å². The van der Waals surface area contributed by atoms with Crippen LogP contribution >= 0.6 is 0 Å². The highest BCUT2D eigenvalue weighted by Gasteiger charge is 2.42. The van der Waals surface area contributed by atoms with Crippen LogP contribution in [0.2, 0.25) is 0 Å². The van der Waals surface area contributed by atoms with E-state index in [2.05, 4.69) is 130 Å². The molecular formula is C45H38N4. The minimum Gasteiger partial charge on any atom is -0.310 e. The molecule has 1 aliphatic rings. The molecule has 6 aromatic carbocycles. The van der Waals surface area contributed by atoms with Crippen LogP contribution in [-0.2, 0) is 10.8 Å². The number of para-hydroxylation sites is 2. The molecule has 49 heavy (non-hydrogen) atoms. The summed E-state index contributed by atoms with van der Waals surface area (Å²) in [7, 11) is 0. The maximum absolute atomic E-state index is 5.04. The van der Waals surface area contributed by atoms with Gasteiger partial charge in [0.1, 0.15) is 0 Å². The predicted octanol–water partition coefficient (Wildman–Crippen LogP) is 11.3. The summed E-state index contributed by atoms with van der Waals surface area (Å²) >= 11 is 0. The Bertz CT molecular complexity index is 2160. The lowest BCUT2D eigenvalue weighted by Gasteiger charge is -2.44. The van der Waals surface area contributed by atoms with E-state index < -0.39 is 0 Å². The highest BCUT2D eigenvalue weighted by Crippen LogP contribution is 2.52. The van der Waals surface area contributed by atoms with Gasteiger partial charge in [0.15, 0.2) is 17.5 Å². The minimum absolute atomic E-state index is 0.239. The first-order chi connectivity index (χ1) is 23.8. The number of fused-ring (bicyclic) bond motifs is 2. The number of hydrogen-bond donors (Lipinski definition) is 0. The molecule has 1 aromatic heterocycles. The van der Waals surface area contributed by atoms with Crippen molar-refractivity contribution in [3.05, 3.63) is 180 Å². The Balaban J connectivity index is 1.25. The summed E-state index contributed by atoms with van der Waals surface area (Å²) in [4.78, 5) is 17.3. The monoisotopic (exact) mass is 634 g/mol. The van der Waals surface area contributed by atoms with E-state index in [1.165, 1.54) is 22.3 Å². The first kappa shape index (κ1) is 30.5. The number of hydrogen-bond acceptors (Lipinski definition) is 4. The van der Waals surface area contributed by atoms with Crippen LogP contribution < -0.4 is 4.90 Å². The third-order valence-electron chi connectivity index (χ3n) is 9.96. The van der Waals surface area contributed by atoms with Gasteiger partial charge in [-0.1, -0.05) is 143 Å². The standard InChI is InChI=1S/C45H38N4/c1-44(2)38-28-26-36(49(34-21-13-7-14-22-34)35-23-15-8-16-24-35)30-40(38)45(3,4)37-27-25-33(29-39(37)44)43-47-41(31-17-9-5-10-18-31)46-42(48-43)32-19-11-6-12-20-32/h5-30H,1-4H3. The maximum Gasteiger partial charge on any atom is 0.164 e. The molecule has 0 bridgehead atoms. The van der Waals surface area contributed by atoms with E-state index in [-0.39, 0.29) is 10.8 Å². The summed E-state index contributed by atoms with van der Waals surface area (Å²) in [6.45, 7) is 9.38. The van der Waals surface area contributed by atoms with E-state index in [0.29, 0.717) is 17.5 Å². The van der Waals surface area contributed by atoms with Crippen LogP contribution in [0.15, 0.2) is 158 Å². The van der Waals surface area contributed by atoms with Crippen LogP contribution in [0.1, 0.15) is 49.9 Å². The lowest BCUT2D eigenvalue weighted by atomic mass is 9.59. The second-order valence-corrected chi connectivity index (χ2v) is 13.8. The van der Waals surface area contributed by atoms with Crippen molar-refractivity contribution in [1.82, 2.24) is 15.0 Å². The van der Waals surface area contributed by atoms with E-state index in [1.807, 2.05) is 60.7 Å². The molecule has 1 heterocycles. The van der Waals surface area contributed by atoms with Gasteiger partial charge in [0.05, 0.1) is 0 Å². The van der Waals surface area contributed by atoms with Gasteiger partial charge in [-0.3, -0.25) is 0 Å². The Morgan fingerprint density at radius 1 is 0.347 bits per heavy atom. The molecule has 0 saturated heterocycles. The molecular weight excluding hydrogens is 597 g/mol. The largest absolute Gasteiger partial charge is 0.310 e. The Kier molecular flexibility index (Phi) is 7.45. The van der Waals surface area contributed by atoms with E-state index in [9.17, 15) is 0 Å². The summed E-state index contributed by atoms with van der Waals surface area (Å²) in [5.74, 6) is 2.01. The topological polar surface area (TPSA) is 41.9 Å². The van der Waals surface area contributed by atoms with Crippen molar-refractivity contribution in [3.8, 4) is 34.2 Å². The van der Waals surface area contributed by atoms with E-state index in [0.717, 1.165) is 33.8 Å². The fourth-order valence-corrected chi connectivity index (χ4v) is 7.31. The SMILES string of the molecule is CC1(C)c2ccc(N(c3ccccc3)c3ccccc3)cc2C(C)(C)c2ccc(-c3nc(-c4ccccc4)nc(-c4ccccc4)n3)cc21. The molecule has 238 valence electrons. The van der Waals surface area contributed by atoms with Crippen LogP contribution in [0.5, 0.6) is 0 Å². The molecule has 0 spiro atoms. The molecule has 8 rings (SSSR count). The molecule has 0 unspecified atom stereocenters. The first-order valence-corrected chi connectivity index (χ1v) is 16.9. The fraction of sp³-hybridized carbons (Fsp3) is 0.133. The first-order valence-electron chi connectivity index (χ1n) is 16.9. The Morgan fingerprint density at radius 2 is 0.735 bits per heavy atom. The average Bonchev–Trinajstić information content (AvgIpc) is 3.15. The Morgan fingerprint density at radius 3 is 1.20 bits per heavy atom. The molecule has 0 N–H and O–H groups in total. The smallest absolute Gasteiger partial charge is 0.164 e. The molecule has 0 radical (unpaired) electrons. The van der Waals surface area contributed by atoms with Crippen molar-refractivity contribution in [2.24, 2.45) is 0 Å². The van der Waals surface area contributed by atoms with Crippen LogP contribution in [0.3, 0.4) is 0 Å². The predicted molar refractivity (Wildman–Crippen MR) is 202 cm³/mol. The zero-order valence-corrected chi connectivity index (χ0v) is 28.3. The zero-order chi connectivity index (χ0) is 33.6. The van der Waals surface area contributed by atoms with Crippen molar-refractivity contribution < 1.29 is 0 Å². The third kappa shape index (κ3) is 5.40. The number of aromatic nitrogens is 3. The van der Waals surface area contributed by atoms with Gasteiger partial charge in [-0.15, -0.1) is 0 Å². The van der Waals surface area contributed by atoms with Gasteiger partial charge >= 0.3 is 0 Å². The second kappa shape index (κ2) is 12.0. The van der Waals surface area contributed by atoms with Crippen molar-refractivity contribution in [3.63, 3.8) is 0 Å². The maximum atomic E-state index is 5.04. The van der Waals surface area contributed by atoms with Crippen LogP contribution in [0.4, 0.5) is 17.1 Å². The van der Waals surface area contributed by atoms with Crippen molar-refractivity contribution in [2.75, 3.05) is 4.90 Å². The number of anilines is 3. The van der Waals surface area contributed by atoms with E-state index in [4.69, 9.17) is 15.0 Å². The summed E-state index contributed by atoms with van der Waals surface area (Å²) in [6, 6.07) is 55.3. The summed E-state index contributed by atoms with van der Waals surface area (Å²) in [5, 5.41) is 0. The lowest BCUT2D eigenvalue weighted by molar-refractivity contribution is 0.521. The molecule has 0 saturated carbocycles. The van der Waals surface area contributed by atoms with Crippen LogP contribution in [-0.4, -0.2) is 15.0 Å². The number of rotatable bonds is 6. The number of benzene rings is 6. The molecule has 7 aromatic rings. The lowest BCUT2D eigenvalue weighted by Crippen LogP contribution is -2.36. The van der Waals surface area contributed by atoms with Gasteiger partial charge in [0.25, 0.3) is 0 Å². The van der Waals surface area contributed by atoms with Crippen LogP contribution in [0.25, 0.3) is 34.2 Å². The van der Waals surface area contributed by atoms with Crippen molar-refractivity contribution in [2.45, 2.75) is 38.5 Å².